The molecule has 1 aliphatic carbocycles. The number of nitrogens with one attached hydrogen (secondary N) is 5. The minimum absolute atomic E-state index is 0.0668. The van der Waals surface area contributed by atoms with Gasteiger partial charge < -0.3 is 25.9 Å². The van der Waals surface area contributed by atoms with Crippen molar-refractivity contribution in [2.24, 2.45) is 17.8 Å². The van der Waals surface area contributed by atoms with Crippen LogP contribution in [0.5, 0.6) is 0 Å². The fraction of sp³-hybridized carbons (Fsp3) is 0.405. The van der Waals surface area contributed by atoms with E-state index < -0.39 is 12.0 Å². The number of carbonyl (C=O) groups excluding carboxylic acids is 4. The van der Waals surface area contributed by atoms with Crippen molar-refractivity contribution in [2.45, 2.75) is 63.8 Å². The maximum Gasteiger partial charge on any atom is 0.242 e. The molecule has 2 unspecified atom stereocenters. The van der Waals surface area contributed by atoms with E-state index in [9.17, 15) is 19.2 Å². The fourth-order valence-corrected chi connectivity index (χ4v) is 6.34. The highest BCUT2D eigenvalue weighted by molar-refractivity contribution is 5.90. The smallest absolute Gasteiger partial charge is 0.242 e. The number of hydrogen-bond donors (Lipinski definition) is 5. The number of aromatic amines is 2. The Hall–Kier alpha value is -5.06. The summed E-state index contributed by atoms with van der Waals surface area (Å²) in [6, 6.07) is 18.7. The first-order valence-electron chi connectivity index (χ1n) is 16.9. The van der Waals surface area contributed by atoms with Gasteiger partial charge in [0.2, 0.25) is 17.7 Å². The third-order valence-electron chi connectivity index (χ3n) is 9.11. The third kappa shape index (κ3) is 10.5. The van der Waals surface area contributed by atoms with Crippen molar-refractivity contribution < 1.29 is 19.2 Å². The zero-order valence-electron chi connectivity index (χ0n) is 27.2. The van der Waals surface area contributed by atoms with Gasteiger partial charge in [-0.3, -0.25) is 19.2 Å². The molecule has 2 aromatic carbocycles. The molecule has 4 aromatic rings. The van der Waals surface area contributed by atoms with E-state index in [1.54, 1.807) is 25.0 Å². The molecule has 48 heavy (non-hydrogen) atoms. The minimum atomic E-state index is -0.716. The molecule has 1 aliphatic rings. The van der Waals surface area contributed by atoms with Gasteiger partial charge in [-0.1, -0.05) is 60.7 Å². The first-order valence-corrected chi connectivity index (χ1v) is 16.9. The van der Waals surface area contributed by atoms with E-state index in [0.717, 1.165) is 22.5 Å². The number of hydrogen-bond acceptors (Lipinski definition) is 6. The second-order valence-corrected chi connectivity index (χ2v) is 12.6. The highest BCUT2D eigenvalue weighted by Crippen LogP contribution is 2.31. The standard InChI is InChI=1S/C37H45N7O4/c45-34(21-30(19-26-7-3-1-4-8-26)35(46)40-17-15-31-22-38-24-42-31)28-11-13-29(14-12-28)36(47)44-33(20-27-9-5-2-6-10-27)37(48)41-18-16-32-23-39-25-43-32/h1-10,22-25,28-30,33H,11-21H2,(H,38,42)(H,39,43)(H,40,46)(H,41,48)(H,44,47). The summed E-state index contributed by atoms with van der Waals surface area (Å²) in [6.45, 7) is 0.872. The quantitative estimate of drug-likeness (QED) is 0.117. The normalized spacial score (nSPS) is 17.2. The van der Waals surface area contributed by atoms with Gasteiger partial charge in [0.25, 0.3) is 0 Å². The Morgan fingerprint density at radius 2 is 1.21 bits per heavy atom. The summed E-state index contributed by atoms with van der Waals surface area (Å²) >= 11 is 0. The molecule has 0 radical (unpaired) electrons. The molecule has 1 fully saturated rings. The van der Waals surface area contributed by atoms with Crippen LogP contribution in [0.2, 0.25) is 0 Å². The summed E-state index contributed by atoms with van der Waals surface area (Å²) in [4.78, 5) is 67.6. The molecule has 1 saturated carbocycles. The summed E-state index contributed by atoms with van der Waals surface area (Å²) in [5.41, 5.74) is 3.82. The lowest BCUT2D eigenvalue weighted by molar-refractivity contribution is -0.134. The van der Waals surface area contributed by atoms with Crippen LogP contribution in [0.1, 0.15) is 54.6 Å². The number of ketones is 1. The molecule has 5 rings (SSSR count). The summed E-state index contributed by atoms with van der Waals surface area (Å²) < 4.78 is 0. The van der Waals surface area contributed by atoms with Crippen LogP contribution >= 0.6 is 0 Å². The average molecular weight is 652 g/mol. The minimum Gasteiger partial charge on any atom is -0.355 e. The molecule has 0 bridgehead atoms. The van der Waals surface area contributed by atoms with Crippen molar-refractivity contribution in [2.75, 3.05) is 13.1 Å². The summed E-state index contributed by atoms with van der Waals surface area (Å²) in [5, 5.41) is 8.97. The number of carbonyl (C=O) groups is 4. The molecule has 2 atom stereocenters. The molecule has 0 saturated heterocycles. The van der Waals surface area contributed by atoms with Crippen molar-refractivity contribution in [1.82, 2.24) is 35.9 Å². The van der Waals surface area contributed by atoms with Crippen molar-refractivity contribution in [1.29, 1.82) is 0 Å². The van der Waals surface area contributed by atoms with Crippen LogP contribution in [0.15, 0.2) is 85.7 Å². The number of rotatable bonds is 17. The van der Waals surface area contributed by atoms with Crippen LogP contribution in [0.4, 0.5) is 0 Å². The van der Waals surface area contributed by atoms with Crippen LogP contribution in [-0.4, -0.2) is 62.6 Å². The number of H-pyrrole nitrogens is 2. The van der Waals surface area contributed by atoms with Crippen LogP contribution in [0.3, 0.4) is 0 Å². The van der Waals surface area contributed by atoms with E-state index in [-0.39, 0.29) is 41.8 Å². The zero-order chi connectivity index (χ0) is 33.6. The highest BCUT2D eigenvalue weighted by atomic mass is 16.2. The topological polar surface area (TPSA) is 162 Å². The van der Waals surface area contributed by atoms with E-state index >= 15 is 0 Å². The van der Waals surface area contributed by atoms with Crippen LogP contribution in [-0.2, 0) is 44.9 Å². The Morgan fingerprint density at radius 3 is 1.75 bits per heavy atom. The van der Waals surface area contributed by atoms with Crippen molar-refractivity contribution in [3.63, 3.8) is 0 Å². The Labute approximate surface area is 281 Å². The largest absolute Gasteiger partial charge is 0.355 e. The second-order valence-electron chi connectivity index (χ2n) is 12.6. The van der Waals surface area contributed by atoms with E-state index in [2.05, 4.69) is 35.9 Å². The summed E-state index contributed by atoms with van der Waals surface area (Å²) in [7, 11) is 0. The monoisotopic (exact) mass is 651 g/mol. The molecule has 2 heterocycles. The first kappa shape index (κ1) is 34.3. The summed E-state index contributed by atoms with van der Waals surface area (Å²) in [6.07, 6.45) is 11.2. The molecule has 0 aliphatic heterocycles. The number of imidazole rings is 2. The Morgan fingerprint density at radius 1 is 0.688 bits per heavy atom. The number of aromatic nitrogens is 4. The maximum absolute atomic E-state index is 13.5. The molecule has 11 nitrogen and oxygen atoms in total. The van der Waals surface area contributed by atoms with Gasteiger partial charge in [0, 0.05) is 80.3 Å². The zero-order valence-corrected chi connectivity index (χ0v) is 27.2. The van der Waals surface area contributed by atoms with Gasteiger partial charge >= 0.3 is 0 Å². The Balaban J connectivity index is 1.13. The third-order valence-corrected chi connectivity index (χ3v) is 9.11. The molecule has 0 spiro atoms. The van der Waals surface area contributed by atoms with Gasteiger partial charge in [0.15, 0.2) is 0 Å². The van der Waals surface area contributed by atoms with Crippen LogP contribution < -0.4 is 16.0 Å². The molecule has 252 valence electrons. The Bertz CT molecular complexity index is 1450. The lowest BCUT2D eigenvalue weighted by Gasteiger charge is -2.29. The summed E-state index contributed by atoms with van der Waals surface area (Å²) in [5.74, 6) is -1.42. The van der Waals surface area contributed by atoms with E-state index in [0.29, 0.717) is 64.5 Å². The molecule has 2 aromatic heterocycles. The van der Waals surface area contributed by atoms with Gasteiger partial charge in [0.05, 0.1) is 12.7 Å². The van der Waals surface area contributed by atoms with Crippen molar-refractivity contribution in [3.8, 4) is 0 Å². The number of Topliss-reactive ketones (excluding diaryl/α,β-unsaturated/α-hetero) is 1. The van der Waals surface area contributed by atoms with Gasteiger partial charge in [-0.2, -0.15) is 0 Å². The number of benzene rings is 2. The Kier molecular flexibility index (Phi) is 12.7. The van der Waals surface area contributed by atoms with Gasteiger partial charge in [-0.15, -0.1) is 0 Å². The van der Waals surface area contributed by atoms with E-state index in [1.165, 1.54) is 0 Å². The van der Waals surface area contributed by atoms with Crippen molar-refractivity contribution >= 4 is 23.5 Å². The molecule has 3 amide bonds. The maximum atomic E-state index is 13.5. The number of amides is 3. The van der Waals surface area contributed by atoms with E-state index in [4.69, 9.17) is 0 Å². The predicted molar refractivity (Wildman–Crippen MR) is 181 cm³/mol. The SMILES string of the molecule is O=C(CC(Cc1ccccc1)C(=O)NCCc1cnc[nH]1)C1CCC(C(=O)NC(Cc2ccccc2)C(=O)NCCc2cnc[nH]2)CC1. The van der Waals surface area contributed by atoms with Crippen LogP contribution in [0.25, 0.3) is 0 Å². The number of nitrogens with zero attached hydrogens (tertiary/aromatic N) is 2. The van der Waals surface area contributed by atoms with E-state index in [1.807, 2.05) is 60.7 Å². The second kappa shape index (κ2) is 17.7. The lowest BCUT2D eigenvalue weighted by atomic mass is 9.77. The highest BCUT2D eigenvalue weighted by Gasteiger charge is 2.33. The fourth-order valence-electron chi connectivity index (χ4n) is 6.34. The molecular weight excluding hydrogens is 606 g/mol. The van der Waals surface area contributed by atoms with Gasteiger partial charge in [-0.05, 0) is 43.2 Å². The average Bonchev–Trinajstić information content (AvgIpc) is 3.84. The first-order chi connectivity index (χ1) is 23.4. The van der Waals surface area contributed by atoms with Gasteiger partial charge in [0.1, 0.15) is 11.8 Å². The van der Waals surface area contributed by atoms with Crippen molar-refractivity contribution in [3.05, 3.63) is 108 Å². The molecule has 11 heteroatoms. The predicted octanol–water partition coefficient (Wildman–Crippen LogP) is 3.50. The molecular formula is C37H45N7O4. The van der Waals surface area contributed by atoms with Crippen LogP contribution in [0, 0.1) is 17.8 Å². The van der Waals surface area contributed by atoms with Gasteiger partial charge in [-0.25, -0.2) is 9.97 Å². The molecule has 5 N–H and O–H groups in total. The lowest BCUT2D eigenvalue weighted by Crippen LogP contribution is -2.50.